The van der Waals surface area contributed by atoms with Gasteiger partial charge >= 0.3 is 0 Å². The largest absolute Gasteiger partial charge is 0.497 e. The van der Waals surface area contributed by atoms with E-state index in [0.29, 0.717) is 23.9 Å². The van der Waals surface area contributed by atoms with Crippen LogP contribution in [0.4, 0.5) is 4.39 Å². The molecule has 3 aromatic rings. The second-order valence-corrected chi connectivity index (χ2v) is 5.35. The van der Waals surface area contributed by atoms with Gasteiger partial charge in [0.25, 0.3) is 0 Å². The normalized spacial score (nSPS) is 12.1. The molecule has 2 aromatic carbocycles. The van der Waals surface area contributed by atoms with Crippen molar-refractivity contribution in [3.63, 3.8) is 0 Å². The topological polar surface area (TPSA) is 60.2 Å². The van der Waals surface area contributed by atoms with Gasteiger partial charge in [-0.25, -0.2) is 4.39 Å². The van der Waals surface area contributed by atoms with Gasteiger partial charge in [-0.3, -0.25) is 0 Å². The van der Waals surface area contributed by atoms with Gasteiger partial charge in [0.2, 0.25) is 11.8 Å². The fraction of sp³-hybridized carbons (Fsp3) is 0.222. The van der Waals surface area contributed by atoms with Crippen LogP contribution in [0.3, 0.4) is 0 Å². The van der Waals surface area contributed by atoms with E-state index in [1.54, 1.807) is 19.2 Å². The number of nitrogens with zero attached hydrogens (tertiary/aromatic N) is 2. The molecule has 0 radical (unpaired) electrons. The third-order valence-corrected chi connectivity index (χ3v) is 3.74. The number of benzene rings is 2. The number of ether oxygens (including phenoxy) is 1. The summed E-state index contributed by atoms with van der Waals surface area (Å²) in [5, 5.41) is 11.2. The van der Waals surface area contributed by atoms with Crippen LogP contribution in [0, 0.1) is 5.82 Å². The minimum atomic E-state index is -0.234. The van der Waals surface area contributed by atoms with Crippen molar-refractivity contribution in [3.8, 4) is 17.2 Å². The van der Waals surface area contributed by atoms with E-state index in [1.165, 1.54) is 6.07 Å². The Morgan fingerprint density at radius 2 is 1.88 bits per heavy atom. The predicted molar refractivity (Wildman–Crippen MR) is 87.9 cm³/mol. The first-order valence-corrected chi connectivity index (χ1v) is 7.62. The summed E-state index contributed by atoms with van der Waals surface area (Å²) in [5.74, 6) is 1.41. The average molecular weight is 327 g/mol. The highest BCUT2D eigenvalue weighted by atomic mass is 19.1. The Kier molecular flexibility index (Phi) is 4.86. The third kappa shape index (κ3) is 3.60. The average Bonchev–Trinajstić information content (AvgIpc) is 3.09. The van der Waals surface area contributed by atoms with Crippen molar-refractivity contribution in [1.29, 1.82) is 0 Å². The van der Waals surface area contributed by atoms with E-state index in [0.717, 1.165) is 11.3 Å². The lowest BCUT2D eigenvalue weighted by molar-refractivity contribution is 0.414. The van der Waals surface area contributed by atoms with Gasteiger partial charge in [0.1, 0.15) is 11.6 Å². The lowest BCUT2D eigenvalue weighted by Crippen LogP contribution is -2.19. The third-order valence-electron chi connectivity index (χ3n) is 3.74. The molecule has 1 unspecified atom stereocenters. The van der Waals surface area contributed by atoms with Crippen molar-refractivity contribution in [2.75, 3.05) is 7.11 Å². The monoisotopic (exact) mass is 327 g/mol. The van der Waals surface area contributed by atoms with Gasteiger partial charge in [0.05, 0.1) is 13.7 Å². The molecule has 0 aliphatic rings. The van der Waals surface area contributed by atoms with Crippen molar-refractivity contribution < 1.29 is 13.5 Å². The molecular formula is C18H18FN3O2. The molecule has 5 nitrogen and oxygen atoms in total. The Hall–Kier alpha value is -2.73. The second-order valence-electron chi connectivity index (χ2n) is 5.35. The smallest absolute Gasteiger partial charge is 0.247 e. The molecule has 0 bridgehead atoms. The second kappa shape index (κ2) is 7.23. The number of methoxy groups -OCH3 is 1. The van der Waals surface area contributed by atoms with E-state index in [9.17, 15) is 4.39 Å². The van der Waals surface area contributed by atoms with Gasteiger partial charge in [-0.15, -0.1) is 10.2 Å². The van der Waals surface area contributed by atoms with E-state index in [2.05, 4.69) is 15.5 Å². The fourth-order valence-corrected chi connectivity index (χ4v) is 2.35. The lowest BCUT2D eigenvalue weighted by atomic mass is 10.1. The molecule has 1 aromatic heterocycles. The number of rotatable bonds is 6. The Balaban J connectivity index is 1.64. The maximum atomic E-state index is 13.8. The van der Waals surface area contributed by atoms with E-state index in [1.807, 2.05) is 37.3 Å². The van der Waals surface area contributed by atoms with Crippen LogP contribution in [-0.2, 0) is 6.54 Å². The van der Waals surface area contributed by atoms with E-state index in [4.69, 9.17) is 9.15 Å². The van der Waals surface area contributed by atoms with E-state index < -0.39 is 0 Å². The van der Waals surface area contributed by atoms with Gasteiger partial charge < -0.3 is 14.5 Å². The molecule has 0 saturated carbocycles. The molecule has 1 heterocycles. The molecule has 6 heteroatoms. The molecular weight excluding hydrogens is 309 g/mol. The van der Waals surface area contributed by atoms with Crippen molar-refractivity contribution in [2.24, 2.45) is 0 Å². The summed E-state index contributed by atoms with van der Waals surface area (Å²) < 4.78 is 24.5. The van der Waals surface area contributed by atoms with Crippen LogP contribution in [0.5, 0.6) is 5.75 Å². The summed E-state index contributed by atoms with van der Waals surface area (Å²) in [4.78, 5) is 0. The summed E-state index contributed by atoms with van der Waals surface area (Å²) in [6.07, 6.45) is 0. The SMILES string of the molecule is COc1ccc(-c2nnc(CNC(C)c3ccccc3F)o2)cc1. The van der Waals surface area contributed by atoms with Crippen molar-refractivity contribution in [3.05, 3.63) is 65.8 Å². The van der Waals surface area contributed by atoms with Gasteiger partial charge in [-0.2, -0.15) is 0 Å². The van der Waals surface area contributed by atoms with Crippen LogP contribution >= 0.6 is 0 Å². The Labute approximate surface area is 139 Å². The van der Waals surface area contributed by atoms with Crippen molar-refractivity contribution in [1.82, 2.24) is 15.5 Å². The van der Waals surface area contributed by atoms with Crippen LogP contribution in [0.25, 0.3) is 11.5 Å². The molecule has 0 spiro atoms. The molecule has 3 rings (SSSR count). The van der Waals surface area contributed by atoms with Crippen LogP contribution in [-0.4, -0.2) is 17.3 Å². The van der Waals surface area contributed by atoms with Crippen LogP contribution in [0.15, 0.2) is 52.9 Å². The molecule has 0 fully saturated rings. The first kappa shape index (κ1) is 16.1. The Bertz CT molecular complexity index is 802. The number of nitrogens with one attached hydrogen (secondary N) is 1. The quantitative estimate of drug-likeness (QED) is 0.747. The maximum absolute atomic E-state index is 13.8. The predicted octanol–water partition coefficient (Wildman–Crippen LogP) is 3.74. The van der Waals surface area contributed by atoms with Crippen molar-refractivity contribution >= 4 is 0 Å². The summed E-state index contributed by atoms with van der Waals surface area (Å²) in [5.41, 5.74) is 1.42. The van der Waals surface area contributed by atoms with Gasteiger partial charge in [0.15, 0.2) is 0 Å². The number of halogens is 1. The number of aromatic nitrogens is 2. The molecule has 0 amide bonds. The molecule has 0 saturated heterocycles. The first-order chi connectivity index (χ1) is 11.7. The highest BCUT2D eigenvalue weighted by Crippen LogP contribution is 2.21. The fourth-order valence-electron chi connectivity index (χ4n) is 2.35. The summed E-state index contributed by atoms with van der Waals surface area (Å²) in [7, 11) is 1.61. The molecule has 124 valence electrons. The van der Waals surface area contributed by atoms with E-state index in [-0.39, 0.29) is 11.9 Å². The highest BCUT2D eigenvalue weighted by molar-refractivity contribution is 5.53. The summed E-state index contributed by atoms with van der Waals surface area (Å²) in [6, 6.07) is 13.9. The summed E-state index contributed by atoms with van der Waals surface area (Å²) >= 11 is 0. The van der Waals surface area contributed by atoms with Gasteiger partial charge in [-0.05, 0) is 37.3 Å². The molecule has 0 aliphatic carbocycles. The minimum absolute atomic E-state index is 0.164. The summed E-state index contributed by atoms with van der Waals surface area (Å²) in [6.45, 7) is 2.25. The zero-order valence-electron chi connectivity index (χ0n) is 13.5. The van der Waals surface area contributed by atoms with Crippen LogP contribution in [0.1, 0.15) is 24.4 Å². The van der Waals surface area contributed by atoms with Crippen LogP contribution in [0.2, 0.25) is 0 Å². The number of hydrogen-bond donors (Lipinski definition) is 1. The Morgan fingerprint density at radius 1 is 1.12 bits per heavy atom. The molecule has 1 N–H and O–H groups in total. The molecule has 1 atom stereocenters. The van der Waals surface area contributed by atoms with Gasteiger partial charge in [-0.1, -0.05) is 18.2 Å². The standard InChI is InChI=1S/C18H18FN3O2/c1-12(15-5-3-4-6-16(15)19)20-11-17-21-22-18(24-17)13-7-9-14(23-2)10-8-13/h3-10,12,20H,11H2,1-2H3. The van der Waals surface area contributed by atoms with Crippen molar-refractivity contribution in [2.45, 2.75) is 19.5 Å². The zero-order valence-corrected chi connectivity index (χ0v) is 13.5. The zero-order chi connectivity index (χ0) is 16.9. The lowest BCUT2D eigenvalue weighted by Gasteiger charge is -2.13. The number of hydrogen-bond acceptors (Lipinski definition) is 5. The first-order valence-electron chi connectivity index (χ1n) is 7.62. The molecule has 24 heavy (non-hydrogen) atoms. The van der Waals surface area contributed by atoms with E-state index >= 15 is 0 Å². The Morgan fingerprint density at radius 3 is 2.58 bits per heavy atom. The van der Waals surface area contributed by atoms with Crippen LogP contribution < -0.4 is 10.1 Å². The minimum Gasteiger partial charge on any atom is -0.497 e. The molecule has 0 aliphatic heterocycles. The highest BCUT2D eigenvalue weighted by Gasteiger charge is 2.13. The van der Waals surface area contributed by atoms with Gasteiger partial charge in [0, 0.05) is 17.2 Å². The maximum Gasteiger partial charge on any atom is 0.247 e.